The molecule has 0 radical (unpaired) electrons. The summed E-state index contributed by atoms with van der Waals surface area (Å²) in [6.45, 7) is 13.9. The summed E-state index contributed by atoms with van der Waals surface area (Å²) in [5, 5.41) is 0. The van der Waals surface area contributed by atoms with Crippen LogP contribution in [0.1, 0.15) is 20.8 Å². The molecule has 1 rings (SSSR count). The predicted octanol–water partition coefficient (Wildman–Crippen LogP) is 2.02. The number of aliphatic imine (C=N–C) groups is 2. The molecule has 4 heteroatoms. The van der Waals surface area contributed by atoms with Gasteiger partial charge in [-0.15, -0.1) is 0 Å². The Morgan fingerprint density at radius 2 is 2.00 bits per heavy atom. The van der Waals surface area contributed by atoms with Gasteiger partial charge in [-0.3, -0.25) is 0 Å². The normalized spacial score (nSPS) is 16.1. The number of hydrogen-bond donors (Lipinski definition) is 0. The molecule has 0 aromatic heterocycles. The molecule has 0 aromatic rings. The highest BCUT2D eigenvalue weighted by Gasteiger charge is 2.21. The highest BCUT2D eigenvalue weighted by molar-refractivity contribution is 5.79. The number of amidine groups is 1. The van der Waals surface area contributed by atoms with Gasteiger partial charge < -0.3 is 9.47 Å². The lowest BCUT2D eigenvalue weighted by Crippen LogP contribution is -2.37. The van der Waals surface area contributed by atoms with Gasteiger partial charge in [-0.2, -0.15) is 0 Å². The lowest BCUT2D eigenvalue weighted by molar-refractivity contribution is -0.0864. The minimum absolute atomic E-state index is 0.0774. The Morgan fingerprint density at radius 3 is 2.29 bits per heavy atom. The second kappa shape index (κ2) is 7.26. The van der Waals surface area contributed by atoms with E-state index in [0.29, 0.717) is 18.9 Å². The third-order valence-electron chi connectivity index (χ3n) is 1.30. The van der Waals surface area contributed by atoms with E-state index in [2.05, 4.69) is 23.3 Å². The van der Waals surface area contributed by atoms with Crippen molar-refractivity contribution in [1.29, 1.82) is 0 Å². The van der Waals surface area contributed by atoms with E-state index in [1.807, 2.05) is 13.8 Å². The highest BCUT2D eigenvalue weighted by atomic mass is 16.6. The molecule has 1 aliphatic heterocycles. The van der Waals surface area contributed by atoms with Gasteiger partial charge in [0.15, 0.2) is 0 Å². The van der Waals surface area contributed by atoms with Crippen LogP contribution in [0, 0.1) is 0 Å². The Labute approximate surface area is 85.4 Å². The molecule has 0 bridgehead atoms. The molecule has 1 aliphatic rings. The maximum Gasteiger partial charge on any atom is 0.316 e. The van der Waals surface area contributed by atoms with Crippen molar-refractivity contribution in [3.8, 4) is 0 Å². The summed E-state index contributed by atoms with van der Waals surface area (Å²) < 4.78 is 10.2. The second-order valence-electron chi connectivity index (χ2n) is 2.57. The summed E-state index contributed by atoms with van der Waals surface area (Å²) >= 11 is 0. The lowest BCUT2D eigenvalue weighted by atomic mass is 10.3. The highest BCUT2D eigenvalue weighted by Crippen LogP contribution is 2.07. The van der Waals surface area contributed by atoms with Gasteiger partial charge in [0, 0.05) is 5.70 Å². The maximum atomic E-state index is 5.28. The fourth-order valence-corrected chi connectivity index (χ4v) is 0.693. The predicted molar refractivity (Wildman–Crippen MR) is 58.8 cm³/mol. The fourth-order valence-electron chi connectivity index (χ4n) is 0.693. The van der Waals surface area contributed by atoms with Crippen LogP contribution in [-0.4, -0.2) is 32.1 Å². The van der Waals surface area contributed by atoms with Gasteiger partial charge in [0.2, 0.25) is 0 Å². The number of rotatable bonds is 2. The van der Waals surface area contributed by atoms with Crippen molar-refractivity contribution in [3.63, 3.8) is 0 Å². The summed E-state index contributed by atoms with van der Waals surface area (Å²) in [7, 11) is 0. The van der Waals surface area contributed by atoms with E-state index in [-0.39, 0.29) is 12.1 Å². The number of hydrogen-bond acceptors (Lipinski definition) is 3. The summed E-state index contributed by atoms with van der Waals surface area (Å²) in [5.74, 6) is 0. The van der Waals surface area contributed by atoms with Crippen molar-refractivity contribution < 1.29 is 9.47 Å². The van der Waals surface area contributed by atoms with Crippen LogP contribution in [0.25, 0.3) is 0 Å². The quantitative estimate of drug-likeness (QED) is 0.503. The molecule has 0 aliphatic carbocycles. The van der Waals surface area contributed by atoms with Crippen LogP contribution in [0.2, 0.25) is 0 Å². The molecule has 0 N–H and O–H groups in total. The third-order valence-corrected chi connectivity index (χ3v) is 1.30. The molecule has 1 fully saturated rings. The average molecular weight is 198 g/mol. The van der Waals surface area contributed by atoms with Crippen LogP contribution in [0.3, 0.4) is 0 Å². The molecule has 0 atom stereocenters. The van der Waals surface area contributed by atoms with E-state index in [1.165, 1.54) is 0 Å². The van der Waals surface area contributed by atoms with Gasteiger partial charge in [0.25, 0.3) is 0 Å². The van der Waals surface area contributed by atoms with Crippen LogP contribution in [-0.2, 0) is 9.47 Å². The second-order valence-corrected chi connectivity index (χ2v) is 2.57. The Morgan fingerprint density at radius 1 is 1.43 bits per heavy atom. The first kappa shape index (κ1) is 12.8. The zero-order chi connectivity index (χ0) is 11.0. The third kappa shape index (κ3) is 4.77. The van der Waals surface area contributed by atoms with Gasteiger partial charge in [-0.05, 0) is 13.6 Å². The SMILES string of the molecule is C=NC(=NC(=C)C)OC1COC1.CC. The van der Waals surface area contributed by atoms with Gasteiger partial charge in [-0.25, -0.2) is 9.98 Å². The first-order valence-electron chi connectivity index (χ1n) is 4.67. The molecule has 14 heavy (non-hydrogen) atoms. The summed E-state index contributed by atoms with van der Waals surface area (Å²) in [6.07, 6.45) is 0.0774. The van der Waals surface area contributed by atoms with Crippen molar-refractivity contribution in [2.45, 2.75) is 26.9 Å². The number of ether oxygens (including phenoxy) is 2. The zero-order valence-electron chi connectivity index (χ0n) is 9.12. The Bertz CT molecular complexity index is 220. The van der Waals surface area contributed by atoms with E-state index in [9.17, 15) is 0 Å². The Kier molecular flexibility index (Phi) is 6.66. The smallest absolute Gasteiger partial charge is 0.316 e. The minimum atomic E-state index is 0.0774. The molecule has 0 unspecified atom stereocenters. The van der Waals surface area contributed by atoms with Crippen molar-refractivity contribution in [2.75, 3.05) is 13.2 Å². The molecular weight excluding hydrogens is 180 g/mol. The van der Waals surface area contributed by atoms with Crippen LogP contribution in [0.5, 0.6) is 0 Å². The maximum absolute atomic E-state index is 5.28. The Hall–Kier alpha value is -1.16. The van der Waals surface area contributed by atoms with E-state index in [4.69, 9.17) is 9.47 Å². The van der Waals surface area contributed by atoms with Crippen LogP contribution in [0.15, 0.2) is 22.3 Å². The average Bonchev–Trinajstić information content (AvgIpc) is 2.12. The van der Waals surface area contributed by atoms with E-state index < -0.39 is 0 Å². The van der Waals surface area contributed by atoms with Crippen LogP contribution >= 0.6 is 0 Å². The van der Waals surface area contributed by atoms with Crippen molar-refractivity contribution in [1.82, 2.24) is 0 Å². The molecule has 1 saturated heterocycles. The van der Waals surface area contributed by atoms with Crippen LogP contribution in [0.4, 0.5) is 0 Å². The van der Waals surface area contributed by atoms with Gasteiger partial charge in [0.05, 0.1) is 13.2 Å². The van der Waals surface area contributed by atoms with E-state index in [0.717, 1.165) is 0 Å². The molecular formula is C10H18N2O2. The first-order chi connectivity index (χ1) is 6.72. The zero-order valence-corrected chi connectivity index (χ0v) is 9.12. The molecule has 1 heterocycles. The van der Waals surface area contributed by atoms with Gasteiger partial charge in [0.1, 0.15) is 6.10 Å². The fraction of sp³-hybridized carbons (Fsp3) is 0.600. The molecule has 0 spiro atoms. The largest absolute Gasteiger partial charge is 0.455 e. The molecule has 0 aromatic carbocycles. The van der Waals surface area contributed by atoms with Crippen molar-refractivity contribution in [3.05, 3.63) is 12.3 Å². The summed E-state index contributed by atoms with van der Waals surface area (Å²) in [6, 6.07) is 0.274. The van der Waals surface area contributed by atoms with Crippen molar-refractivity contribution in [2.24, 2.45) is 9.98 Å². The monoisotopic (exact) mass is 198 g/mol. The first-order valence-corrected chi connectivity index (χ1v) is 4.67. The number of allylic oxidation sites excluding steroid dienone is 1. The van der Waals surface area contributed by atoms with E-state index in [1.54, 1.807) is 6.92 Å². The minimum Gasteiger partial charge on any atom is -0.455 e. The van der Waals surface area contributed by atoms with Gasteiger partial charge >= 0.3 is 6.02 Å². The number of nitrogens with zero attached hydrogens (tertiary/aromatic N) is 2. The molecule has 0 amide bonds. The lowest BCUT2D eigenvalue weighted by Gasteiger charge is -2.25. The van der Waals surface area contributed by atoms with Crippen LogP contribution < -0.4 is 0 Å². The topological polar surface area (TPSA) is 43.2 Å². The molecule has 4 nitrogen and oxygen atoms in total. The standard InChI is InChI=1S/C8H12N2O2.C2H6/c1-6(2)10-8(9-3)12-7-4-11-5-7;1-2/h7H,1,3-5H2,2H3;1-2H3. The van der Waals surface area contributed by atoms with Gasteiger partial charge in [-0.1, -0.05) is 20.4 Å². The summed E-state index contributed by atoms with van der Waals surface area (Å²) in [5.41, 5.74) is 0.651. The summed E-state index contributed by atoms with van der Waals surface area (Å²) in [4.78, 5) is 7.54. The molecule has 80 valence electrons. The molecule has 0 saturated carbocycles. The Balaban J connectivity index is 0.000000791. The van der Waals surface area contributed by atoms with E-state index >= 15 is 0 Å². The van der Waals surface area contributed by atoms with Crippen molar-refractivity contribution >= 4 is 12.7 Å².